The lowest BCUT2D eigenvalue weighted by atomic mass is 9.94. The number of benzene rings is 2. The Kier molecular flexibility index (Phi) is 8.15. The summed E-state index contributed by atoms with van der Waals surface area (Å²) in [6.07, 6.45) is 2.24. The normalized spacial score (nSPS) is 16.0. The number of methoxy groups -OCH3 is 2. The summed E-state index contributed by atoms with van der Waals surface area (Å²) >= 11 is 6.15. The molecule has 1 N–H and O–H groups in total. The number of ether oxygens (including phenoxy) is 2. The van der Waals surface area contributed by atoms with Crippen LogP contribution >= 0.6 is 11.6 Å². The molecule has 168 valence electrons. The lowest BCUT2D eigenvalue weighted by Gasteiger charge is -2.32. The molecule has 0 saturated carbocycles. The molecule has 0 unspecified atom stereocenters. The number of piperidine rings is 1. The number of nitrogens with zero attached hydrogens (tertiary/aromatic N) is 1. The van der Waals surface area contributed by atoms with Crippen molar-refractivity contribution >= 4 is 17.5 Å². The molecule has 31 heavy (non-hydrogen) atoms. The third-order valence-electron chi connectivity index (χ3n) is 5.94. The van der Waals surface area contributed by atoms with Crippen LogP contribution in [0.5, 0.6) is 11.5 Å². The molecule has 1 aliphatic heterocycles. The maximum Gasteiger partial charge on any atom is 0.223 e. The Morgan fingerprint density at radius 3 is 2.52 bits per heavy atom. The first-order valence-corrected chi connectivity index (χ1v) is 11.0. The molecule has 1 aliphatic rings. The number of nitrogens with one attached hydrogen (secondary N) is 1. The standard InChI is InChI=1S/C24H30ClFN2O3/c1-4-21(17-8-9-22(30-2)23(14-17)31-3)27-24(29)16-10-12-28(13-11-16)15-18-19(25)6-5-7-20(18)26/h5-9,14,16,21H,4,10-13,15H2,1-3H3,(H,27,29)/t21-/m1/s1. The minimum absolute atomic E-state index is 0.0541. The van der Waals surface area contributed by atoms with Crippen LogP contribution in [0.4, 0.5) is 4.39 Å². The van der Waals surface area contributed by atoms with Crippen molar-refractivity contribution in [3.63, 3.8) is 0 Å². The highest BCUT2D eigenvalue weighted by Gasteiger charge is 2.27. The highest BCUT2D eigenvalue weighted by atomic mass is 35.5. The SMILES string of the molecule is CC[C@@H](NC(=O)C1CCN(Cc2c(F)cccc2Cl)CC1)c1ccc(OC)c(OC)c1. The van der Waals surface area contributed by atoms with Gasteiger partial charge in [-0.2, -0.15) is 0 Å². The number of amides is 1. The van der Waals surface area contributed by atoms with Gasteiger partial charge in [-0.05, 0) is 62.2 Å². The fourth-order valence-electron chi connectivity index (χ4n) is 4.04. The van der Waals surface area contributed by atoms with Crippen LogP contribution in [0.25, 0.3) is 0 Å². The predicted molar refractivity (Wildman–Crippen MR) is 120 cm³/mol. The first kappa shape index (κ1) is 23.4. The van der Waals surface area contributed by atoms with Crippen LogP contribution in [-0.4, -0.2) is 38.1 Å². The summed E-state index contributed by atoms with van der Waals surface area (Å²) in [4.78, 5) is 15.1. The molecule has 3 rings (SSSR count). The van der Waals surface area contributed by atoms with E-state index in [1.807, 2.05) is 25.1 Å². The summed E-state index contributed by atoms with van der Waals surface area (Å²) < 4.78 is 24.8. The Hall–Kier alpha value is -2.31. The molecule has 0 bridgehead atoms. The predicted octanol–water partition coefficient (Wildman–Crippen LogP) is 4.98. The van der Waals surface area contributed by atoms with Crippen molar-refractivity contribution in [3.8, 4) is 11.5 Å². The van der Waals surface area contributed by atoms with Gasteiger partial charge < -0.3 is 14.8 Å². The summed E-state index contributed by atoms with van der Waals surface area (Å²) in [7, 11) is 3.20. The fraction of sp³-hybridized carbons (Fsp3) is 0.458. The third-order valence-corrected chi connectivity index (χ3v) is 6.29. The van der Waals surface area contributed by atoms with E-state index in [-0.39, 0.29) is 23.7 Å². The van der Waals surface area contributed by atoms with Crippen LogP contribution in [0.2, 0.25) is 5.02 Å². The lowest BCUT2D eigenvalue weighted by Crippen LogP contribution is -2.41. The Morgan fingerprint density at radius 2 is 1.90 bits per heavy atom. The number of carbonyl (C=O) groups excluding carboxylic acids is 1. The van der Waals surface area contributed by atoms with Gasteiger partial charge in [-0.15, -0.1) is 0 Å². The molecular weight excluding hydrogens is 419 g/mol. The first-order valence-electron chi connectivity index (χ1n) is 10.6. The molecule has 0 aromatic heterocycles. The topological polar surface area (TPSA) is 50.8 Å². The van der Waals surface area contributed by atoms with Crippen LogP contribution in [0, 0.1) is 11.7 Å². The largest absolute Gasteiger partial charge is 0.493 e. The summed E-state index contributed by atoms with van der Waals surface area (Å²) in [6, 6.07) is 10.4. The van der Waals surface area contributed by atoms with Gasteiger partial charge >= 0.3 is 0 Å². The highest BCUT2D eigenvalue weighted by molar-refractivity contribution is 6.31. The molecule has 1 heterocycles. The van der Waals surface area contributed by atoms with Gasteiger partial charge in [0, 0.05) is 23.0 Å². The Balaban J connectivity index is 1.57. The van der Waals surface area contributed by atoms with E-state index in [0.29, 0.717) is 28.6 Å². The maximum atomic E-state index is 14.1. The zero-order valence-corrected chi connectivity index (χ0v) is 19.0. The van der Waals surface area contributed by atoms with E-state index in [4.69, 9.17) is 21.1 Å². The zero-order valence-electron chi connectivity index (χ0n) is 18.3. The second kappa shape index (κ2) is 10.8. The van der Waals surface area contributed by atoms with E-state index in [2.05, 4.69) is 10.2 Å². The van der Waals surface area contributed by atoms with Gasteiger partial charge in [-0.25, -0.2) is 4.39 Å². The summed E-state index contributed by atoms with van der Waals surface area (Å²) in [6.45, 7) is 3.97. The van der Waals surface area contributed by atoms with Crippen LogP contribution in [0.15, 0.2) is 36.4 Å². The molecule has 0 spiro atoms. The highest BCUT2D eigenvalue weighted by Crippen LogP contribution is 2.31. The molecule has 7 heteroatoms. The summed E-state index contributed by atoms with van der Waals surface area (Å²) in [5.41, 5.74) is 1.51. The number of hydrogen-bond donors (Lipinski definition) is 1. The molecule has 0 radical (unpaired) electrons. The van der Waals surface area contributed by atoms with Gasteiger partial charge in [0.15, 0.2) is 11.5 Å². The van der Waals surface area contributed by atoms with Crippen LogP contribution in [0.1, 0.15) is 43.4 Å². The van der Waals surface area contributed by atoms with Gasteiger partial charge in [0.1, 0.15) is 5.82 Å². The molecule has 5 nitrogen and oxygen atoms in total. The van der Waals surface area contributed by atoms with Gasteiger partial charge in [0.25, 0.3) is 0 Å². The number of halogens is 2. The smallest absolute Gasteiger partial charge is 0.223 e. The van der Waals surface area contributed by atoms with E-state index in [0.717, 1.165) is 37.9 Å². The van der Waals surface area contributed by atoms with Crippen LogP contribution in [-0.2, 0) is 11.3 Å². The first-order chi connectivity index (χ1) is 15.0. The molecule has 1 saturated heterocycles. The van der Waals surface area contributed by atoms with Crippen molar-refractivity contribution in [1.82, 2.24) is 10.2 Å². The maximum absolute atomic E-state index is 14.1. The number of likely N-dealkylation sites (tertiary alicyclic amines) is 1. The van der Waals surface area contributed by atoms with Gasteiger partial charge in [-0.3, -0.25) is 9.69 Å². The van der Waals surface area contributed by atoms with E-state index in [1.165, 1.54) is 6.07 Å². The van der Waals surface area contributed by atoms with Gasteiger partial charge in [-0.1, -0.05) is 30.7 Å². The molecule has 2 aromatic rings. The van der Waals surface area contributed by atoms with E-state index < -0.39 is 0 Å². The van der Waals surface area contributed by atoms with Crippen molar-refractivity contribution in [2.24, 2.45) is 5.92 Å². The van der Waals surface area contributed by atoms with Crippen molar-refractivity contribution < 1.29 is 18.7 Å². The fourth-order valence-corrected chi connectivity index (χ4v) is 4.26. The second-order valence-corrected chi connectivity index (χ2v) is 8.24. The zero-order chi connectivity index (χ0) is 22.4. The molecule has 2 aromatic carbocycles. The van der Waals surface area contributed by atoms with Crippen molar-refractivity contribution in [2.75, 3.05) is 27.3 Å². The Labute approximate surface area is 188 Å². The number of carbonyl (C=O) groups is 1. The quantitative estimate of drug-likeness (QED) is 0.619. The van der Waals surface area contributed by atoms with Crippen molar-refractivity contribution in [3.05, 3.63) is 58.4 Å². The summed E-state index contributed by atoms with van der Waals surface area (Å²) in [5.74, 6) is 1.03. The summed E-state index contributed by atoms with van der Waals surface area (Å²) in [5, 5.41) is 3.63. The average Bonchev–Trinajstić information content (AvgIpc) is 2.79. The van der Waals surface area contributed by atoms with Gasteiger partial charge in [0.05, 0.1) is 20.3 Å². The molecule has 1 atom stereocenters. The molecule has 0 aliphatic carbocycles. The Morgan fingerprint density at radius 1 is 1.19 bits per heavy atom. The van der Waals surface area contributed by atoms with Crippen LogP contribution < -0.4 is 14.8 Å². The van der Waals surface area contributed by atoms with E-state index in [1.54, 1.807) is 26.4 Å². The van der Waals surface area contributed by atoms with Crippen LogP contribution in [0.3, 0.4) is 0 Å². The van der Waals surface area contributed by atoms with E-state index in [9.17, 15) is 9.18 Å². The third kappa shape index (κ3) is 5.69. The monoisotopic (exact) mass is 448 g/mol. The number of hydrogen-bond acceptors (Lipinski definition) is 4. The minimum Gasteiger partial charge on any atom is -0.493 e. The van der Waals surface area contributed by atoms with Gasteiger partial charge in [0.2, 0.25) is 5.91 Å². The van der Waals surface area contributed by atoms with E-state index >= 15 is 0 Å². The lowest BCUT2D eigenvalue weighted by molar-refractivity contribution is -0.127. The number of rotatable bonds is 8. The second-order valence-electron chi connectivity index (χ2n) is 7.83. The Bertz CT molecular complexity index is 880. The van der Waals surface area contributed by atoms with Crippen molar-refractivity contribution in [1.29, 1.82) is 0 Å². The minimum atomic E-state index is -0.284. The molecular formula is C24H30ClFN2O3. The average molecular weight is 449 g/mol. The molecule has 1 fully saturated rings. The molecule has 1 amide bonds. The van der Waals surface area contributed by atoms with Crippen molar-refractivity contribution in [2.45, 2.75) is 38.8 Å².